The molecule has 0 bridgehead atoms. The van der Waals surface area contributed by atoms with Crippen molar-refractivity contribution >= 4 is 10.1 Å². The van der Waals surface area contributed by atoms with E-state index in [1.54, 1.807) is 0 Å². The van der Waals surface area contributed by atoms with E-state index >= 15 is 0 Å². The molecular formula is C23H48O4S. The number of rotatable bonds is 21. The molecule has 0 amide bonds. The Balaban J connectivity index is 3.80. The lowest BCUT2D eigenvalue weighted by Gasteiger charge is -2.15. The molecule has 0 heterocycles. The van der Waals surface area contributed by atoms with Crippen LogP contribution in [0.4, 0.5) is 0 Å². The van der Waals surface area contributed by atoms with Crippen LogP contribution in [0.25, 0.3) is 0 Å². The molecule has 0 fully saturated rings. The summed E-state index contributed by atoms with van der Waals surface area (Å²) in [7, 11) is -3.95. The van der Waals surface area contributed by atoms with E-state index < -0.39 is 15.4 Å². The highest BCUT2D eigenvalue weighted by atomic mass is 32.2. The van der Waals surface area contributed by atoms with Gasteiger partial charge in [0.05, 0.1) is 11.4 Å². The van der Waals surface area contributed by atoms with Crippen molar-refractivity contribution in [1.29, 1.82) is 0 Å². The molecule has 0 aliphatic heterocycles. The Kier molecular flexibility index (Phi) is 18.8. The SMILES string of the molecule is CCCCCCCCCC(CCCCC(O)CCCCCCCC)S(=O)(=O)O. The van der Waals surface area contributed by atoms with Crippen LogP contribution in [0.2, 0.25) is 0 Å². The van der Waals surface area contributed by atoms with Crippen LogP contribution < -0.4 is 0 Å². The van der Waals surface area contributed by atoms with Crippen molar-refractivity contribution in [3.05, 3.63) is 0 Å². The fourth-order valence-corrected chi connectivity index (χ4v) is 4.76. The third-order valence-corrected chi connectivity index (χ3v) is 7.07. The molecule has 2 unspecified atom stereocenters. The maximum atomic E-state index is 11.6. The Morgan fingerprint density at radius 1 is 0.571 bits per heavy atom. The molecule has 0 radical (unpaired) electrons. The van der Waals surface area contributed by atoms with Gasteiger partial charge in [0.15, 0.2) is 0 Å². The quantitative estimate of drug-likeness (QED) is 0.154. The Labute approximate surface area is 175 Å². The van der Waals surface area contributed by atoms with Crippen LogP contribution in [0.5, 0.6) is 0 Å². The zero-order chi connectivity index (χ0) is 21.1. The maximum Gasteiger partial charge on any atom is 0.267 e. The van der Waals surface area contributed by atoms with Gasteiger partial charge in [-0.25, -0.2) is 0 Å². The van der Waals surface area contributed by atoms with Gasteiger partial charge < -0.3 is 5.11 Å². The Morgan fingerprint density at radius 2 is 0.893 bits per heavy atom. The summed E-state index contributed by atoms with van der Waals surface area (Å²) in [5.41, 5.74) is 0. The number of hydrogen-bond donors (Lipinski definition) is 2. The third kappa shape index (κ3) is 17.9. The zero-order valence-electron chi connectivity index (χ0n) is 18.7. The molecule has 28 heavy (non-hydrogen) atoms. The average molecular weight is 421 g/mol. The standard InChI is InChI=1S/C23H48O4S/c1-3-5-7-9-11-13-15-20-23(28(25,26)27)21-17-16-19-22(24)18-14-12-10-8-6-4-2/h22-24H,3-21H2,1-2H3,(H,25,26,27). The van der Waals surface area contributed by atoms with E-state index in [4.69, 9.17) is 0 Å². The second-order valence-corrected chi connectivity index (χ2v) is 10.2. The number of hydrogen-bond acceptors (Lipinski definition) is 3. The molecule has 0 spiro atoms. The molecular weight excluding hydrogens is 372 g/mol. The summed E-state index contributed by atoms with van der Waals surface area (Å²) in [6, 6.07) is 0. The first-order chi connectivity index (χ1) is 13.4. The van der Waals surface area contributed by atoms with Crippen molar-refractivity contribution in [2.24, 2.45) is 0 Å². The molecule has 4 nitrogen and oxygen atoms in total. The molecule has 0 saturated heterocycles. The summed E-state index contributed by atoms with van der Waals surface area (Å²) in [5.74, 6) is 0. The van der Waals surface area contributed by atoms with E-state index in [0.29, 0.717) is 12.8 Å². The predicted molar refractivity (Wildman–Crippen MR) is 120 cm³/mol. The molecule has 0 aromatic rings. The van der Waals surface area contributed by atoms with Gasteiger partial charge in [0.25, 0.3) is 10.1 Å². The number of aliphatic hydroxyl groups excluding tert-OH is 1. The van der Waals surface area contributed by atoms with Gasteiger partial charge in [0.1, 0.15) is 0 Å². The minimum Gasteiger partial charge on any atom is -0.393 e. The number of aliphatic hydroxyl groups is 1. The Morgan fingerprint density at radius 3 is 1.32 bits per heavy atom. The molecule has 5 heteroatoms. The minimum atomic E-state index is -3.95. The molecule has 0 rings (SSSR count). The van der Waals surface area contributed by atoms with E-state index in [2.05, 4.69) is 13.8 Å². The zero-order valence-corrected chi connectivity index (χ0v) is 19.5. The van der Waals surface area contributed by atoms with Crippen LogP contribution in [0.1, 0.15) is 136 Å². The Hall–Kier alpha value is -0.130. The van der Waals surface area contributed by atoms with E-state index in [1.807, 2.05) is 0 Å². The fourth-order valence-electron chi connectivity index (χ4n) is 3.83. The van der Waals surface area contributed by atoms with Gasteiger partial charge >= 0.3 is 0 Å². The first kappa shape index (κ1) is 27.9. The van der Waals surface area contributed by atoms with E-state index in [-0.39, 0.29) is 6.10 Å². The van der Waals surface area contributed by atoms with Crippen molar-refractivity contribution in [1.82, 2.24) is 0 Å². The van der Waals surface area contributed by atoms with Gasteiger partial charge in [0, 0.05) is 0 Å². The van der Waals surface area contributed by atoms with Gasteiger partial charge in [-0.05, 0) is 25.7 Å². The summed E-state index contributed by atoms with van der Waals surface area (Å²) in [6.07, 6.45) is 19.5. The first-order valence-corrected chi connectivity index (χ1v) is 13.6. The van der Waals surface area contributed by atoms with Gasteiger partial charge in [-0.3, -0.25) is 4.55 Å². The lowest BCUT2D eigenvalue weighted by molar-refractivity contribution is 0.147. The molecule has 0 aromatic heterocycles. The highest BCUT2D eigenvalue weighted by Crippen LogP contribution is 2.20. The monoisotopic (exact) mass is 420 g/mol. The van der Waals surface area contributed by atoms with Crippen molar-refractivity contribution in [3.63, 3.8) is 0 Å². The molecule has 0 saturated carbocycles. The highest BCUT2D eigenvalue weighted by molar-refractivity contribution is 7.86. The van der Waals surface area contributed by atoms with Crippen LogP contribution in [0.3, 0.4) is 0 Å². The molecule has 2 atom stereocenters. The average Bonchev–Trinajstić information content (AvgIpc) is 2.64. The lowest BCUT2D eigenvalue weighted by atomic mass is 10.0. The van der Waals surface area contributed by atoms with Crippen LogP contribution in [0.15, 0.2) is 0 Å². The van der Waals surface area contributed by atoms with Crippen molar-refractivity contribution < 1.29 is 18.1 Å². The van der Waals surface area contributed by atoms with Crippen molar-refractivity contribution in [2.45, 2.75) is 147 Å². The summed E-state index contributed by atoms with van der Waals surface area (Å²) < 4.78 is 32.7. The number of unbranched alkanes of at least 4 members (excludes halogenated alkanes) is 12. The van der Waals surface area contributed by atoms with Crippen LogP contribution in [-0.4, -0.2) is 29.4 Å². The van der Waals surface area contributed by atoms with Crippen LogP contribution in [0, 0.1) is 0 Å². The van der Waals surface area contributed by atoms with Gasteiger partial charge in [-0.2, -0.15) is 8.42 Å². The summed E-state index contributed by atoms with van der Waals surface area (Å²) in [6.45, 7) is 4.41. The van der Waals surface area contributed by atoms with Gasteiger partial charge in [-0.1, -0.05) is 110 Å². The van der Waals surface area contributed by atoms with Crippen LogP contribution in [-0.2, 0) is 10.1 Å². The minimum absolute atomic E-state index is 0.265. The van der Waals surface area contributed by atoms with Crippen LogP contribution >= 0.6 is 0 Å². The molecule has 2 N–H and O–H groups in total. The molecule has 0 aromatic carbocycles. The predicted octanol–water partition coefficient (Wildman–Crippen LogP) is 7.06. The topological polar surface area (TPSA) is 74.6 Å². The van der Waals surface area contributed by atoms with E-state index in [1.165, 1.54) is 57.8 Å². The third-order valence-electron chi connectivity index (χ3n) is 5.76. The normalized spacial score (nSPS) is 14.3. The maximum absolute atomic E-state index is 11.6. The smallest absolute Gasteiger partial charge is 0.267 e. The van der Waals surface area contributed by atoms with E-state index in [0.717, 1.165) is 51.4 Å². The van der Waals surface area contributed by atoms with Gasteiger partial charge in [0.2, 0.25) is 0 Å². The van der Waals surface area contributed by atoms with E-state index in [9.17, 15) is 18.1 Å². The van der Waals surface area contributed by atoms with Crippen molar-refractivity contribution in [3.8, 4) is 0 Å². The van der Waals surface area contributed by atoms with Crippen molar-refractivity contribution in [2.75, 3.05) is 0 Å². The van der Waals surface area contributed by atoms with Gasteiger partial charge in [-0.15, -0.1) is 0 Å². The second kappa shape index (κ2) is 18.9. The first-order valence-electron chi connectivity index (χ1n) is 12.1. The summed E-state index contributed by atoms with van der Waals surface area (Å²) in [4.78, 5) is 0. The molecule has 170 valence electrons. The molecule has 0 aliphatic rings. The lowest BCUT2D eigenvalue weighted by Crippen LogP contribution is -2.20. The fraction of sp³-hybridized carbons (Fsp3) is 1.00. The Bertz CT molecular complexity index is 422. The summed E-state index contributed by atoms with van der Waals surface area (Å²) in [5, 5.41) is 9.45. The summed E-state index contributed by atoms with van der Waals surface area (Å²) >= 11 is 0. The second-order valence-electron chi connectivity index (χ2n) is 8.54. The molecule has 0 aliphatic carbocycles. The highest BCUT2D eigenvalue weighted by Gasteiger charge is 2.22. The largest absolute Gasteiger partial charge is 0.393 e.